The molecule has 0 spiro atoms. The van der Waals surface area contributed by atoms with Crippen LogP contribution < -0.4 is 5.32 Å². The molecule has 1 aromatic carbocycles. The smallest absolute Gasteiger partial charge is 0.313 e. The molecule has 0 fully saturated rings. The van der Waals surface area contributed by atoms with Crippen LogP contribution in [0, 0.1) is 5.41 Å². The topological polar surface area (TPSA) is 38.3 Å². The highest BCUT2D eigenvalue weighted by molar-refractivity contribution is 5.78. The van der Waals surface area contributed by atoms with Gasteiger partial charge in [0.2, 0.25) is 0 Å². The van der Waals surface area contributed by atoms with Crippen LogP contribution in [-0.4, -0.2) is 19.1 Å². The minimum absolute atomic E-state index is 0.0431. The van der Waals surface area contributed by atoms with Crippen LogP contribution in [0.25, 0.3) is 0 Å². The van der Waals surface area contributed by atoms with Crippen LogP contribution >= 0.6 is 0 Å². The zero-order chi connectivity index (χ0) is 13.9. The van der Waals surface area contributed by atoms with Crippen molar-refractivity contribution in [3.8, 4) is 0 Å². The zero-order valence-corrected chi connectivity index (χ0v) is 12.0. The monoisotopic (exact) mass is 261 g/mol. The molecule has 0 radical (unpaired) electrons. The first-order chi connectivity index (χ1) is 9.13. The summed E-state index contributed by atoms with van der Waals surface area (Å²) < 4.78 is 5.29. The molecule has 0 bridgehead atoms. The summed E-state index contributed by atoms with van der Waals surface area (Å²) in [4.78, 5) is 12.3. The molecule has 0 saturated carbocycles. The van der Waals surface area contributed by atoms with Crippen molar-refractivity contribution in [2.24, 2.45) is 5.41 Å². The van der Waals surface area contributed by atoms with Crippen molar-refractivity contribution in [2.45, 2.75) is 39.7 Å². The maximum atomic E-state index is 12.3. The normalized spacial score (nSPS) is 21.3. The fourth-order valence-electron chi connectivity index (χ4n) is 2.84. The summed E-state index contributed by atoms with van der Waals surface area (Å²) in [6.45, 7) is 7.26. The number of carbonyl (C=O) groups is 1. The van der Waals surface area contributed by atoms with Gasteiger partial charge < -0.3 is 10.1 Å². The van der Waals surface area contributed by atoms with E-state index in [-0.39, 0.29) is 12.0 Å². The highest BCUT2D eigenvalue weighted by Crippen LogP contribution is 2.40. The van der Waals surface area contributed by atoms with Crippen LogP contribution in [0.1, 0.15) is 44.4 Å². The van der Waals surface area contributed by atoms with Gasteiger partial charge in [-0.2, -0.15) is 0 Å². The summed E-state index contributed by atoms with van der Waals surface area (Å²) in [5.74, 6) is -0.105. The predicted octanol–water partition coefficient (Wildman–Crippen LogP) is 2.85. The second-order valence-corrected chi connectivity index (χ2v) is 5.33. The lowest BCUT2D eigenvalue weighted by Crippen LogP contribution is -2.45. The van der Waals surface area contributed by atoms with Crippen LogP contribution in [0.3, 0.4) is 0 Å². The molecule has 19 heavy (non-hydrogen) atoms. The molecule has 0 amide bonds. The molecule has 2 rings (SSSR count). The number of ether oxygens (including phenoxy) is 1. The predicted molar refractivity (Wildman–Crippen MR) is 75.9 cm³/mol. The molecule has 104 valence electrons. The van der Waals surface area contributed by atoms with E-state index in [1.165, 1.54) is 11.1 Å². The average molecular weight is 261 g/mol. The largest absolute Gasteiger partial charge is 0.466 e. The number of hydrogen-bond acceptors (Lipinski definition) is 3. The van der Waals surface area contributed by atoms with Gasteiger partial charge >= 0.3 is 5.97 Å². The second-order valence-electron chi connectivity index (χ2n) is 5.33. The second kappa shape index (κ2) is 5.74. The van der Waals surface area contributed by atoms with E-state index < -0.39 is 5.41 Å². The Bertz CT molecular complexity index is 458. The van der Waals surface area contributed by atoms with E-state index in [4.69, 9.17) is 4.74 Å². The Hall–Kier alpha value is -1.35. The molecule has 0 aliphatic carbocycles. The number of carbonyl (C=O) groups excluding carboxylic acids is 1. The highest BCUT2D eigenvalue weighted by Gasteiger charge is 2.43. The van der Waals surface area contributed by atoms with Crippen molar-refractivity contribution in [2.75, 3.05) is 13.2 Å². The van der Waals surface area contributed by atoms with Crippen molar-refractivity contribution in [1.29, 1.82) is 0 Å². The Kier molecular flexibility index (Phi) is 4.25. The standard InChI is InChI=1S/C16H23NO2/c1-4-16(3,15(18)19-5-2)14-13-9-7-6-8-12(13)10-11-17-14/h6-9,14,17H,4-5,10-11H2,1-3H3. The van der Waals surface area contributed by atoms with E-state index >= 15 is 0 Å². The lowest BCUT2D eigenvalue weighted by atomic mass is 9.73. The Balaban J connectivity index is 2.37. The summed E-state index contributed by atoms with van der Waals surface area (Å²) in [5, 5.41) is 3.51. The molecule has 1 aromatic rings. The lowest BCUT2D eigenvalue weighted by Gasteiger charge is -2.39. The van der Waals surface area contributed by atoms with Gasteiger partial charge in [0.25, 0.3) is 0 Å². The van der Waals surface area contributed by atoms with Gasteiger partial charge in [-0.1, -0.05) is 31.2 Å². The first kappa shape index (κ1) is 14.1. The van der Waals surface area contributed by atoms with Gasteiger partial charge in [0.15, 0.2) is 0 Å². The lowest BCUT2D eigenvalue weighted by molar-refractivity contribution is -0.157. The SMILES string of the molecule is CCOC(=O)C(C)(CC)C1NCCc2ccccc21. The van der Waals surface area contributed by atoms with Crippen molar-refractivity contribution < 1.29 is 9.53 Å². The number of benzene rings is 1. The molecule has 1 aliphatic rings. The van der Waals surface area contributed by atoms with E-state index in [0.717, 1.165) is 19.4 Å². The third kappa shape index (κ3) is 2.52. The van der Waals surface area contributed by atoms with Crippen molar-refractivity contribution >= 4 is 5.97 Å². The van der Waals surface area contributed by atoms with Crippen molar-refractivity contribution in [3.05, 3.63) is 35.4 Å². The zero-order valence-electron chi connectivity index (χ0n) is 12.0. The third-order valence-corrected chi connectivity index (χ3v) is 4.22. The summed E-state index contributed by atoms with van der Waals surface area (Å²) in [7, 11) is 0. The van der Waals surface area contributed by atoms with E-state index in [1.807, 2.05) is 19.9 Å². The van der Waals surface area contributed by atoms with E-state index in [2.05, 4.69) is 30.4 Å². The van der Waals surface area contributed by atoms with Gasteiger partial charge in [0, 0.05) is 6.04 Å². The molecule has 2 unspecified atom stereocenters. The Labute approximate surface area is 115 Å². The van der Waals surface area contributed by atoms with Gasteiger partial charge in [-0.25, -0.2) is 0 Å². The molecule has 3 nitrogen and oxygen atoms in total. The van der Waals surface area contributed by atoms with Gasteiger partial charge in [-0.05, 0) is 44.4 Å². The molecule has 0 saturated heterocycles. The molecular weight excluding hydrogens is 238 g/mol. The van der Waals surface area contributed by atoms with Crippen LogP contribution in [0.4, 0.5) is 0 Å². The highest BCUT2D eigenvalue weighted by atomic mass is 16.5. The maximum absolute atomic E-state index is 12.3. The van der Waals surface area contributed by atoms with E-state index in [9.17, 15) is 4.79 Å². The van der Waals surface area contributed by atoms with Gasteiger partial charge in [0.05, 0.1) is 12.0 Å². The molecule has 3 heteroatoms. The summed E-state index contributed by atoms with van der Waals surface area (Å²) in [6, 6.07) is 8.43. The fourth-order valence-corrected chi connectivity index (χ4v) is 2.84. The first-order valence-electron chi connectivity index (χ1n) is 7.12. The summed E-state index contributed by atoms with van der Waals surface area (Å²) >= 11 is 0. The average Bonchev–Trinajstić information content (AvgIpc) is 2.46. The molecule has 1 heterocycles. The Morgan fingerprint density at radius 3 is 2.84 bits per heavy atom. The molecule has 2 atom stereocenters. The summed E-state index contributed by atoms with van der Waals surface area (Å²) in [5.41, 5.74) is 2.08. The number of rotatable bonds is 4. The van der Waals surface area contributed by atoms with E-state index in [0.29, 0.717) is 6.61 Å². The van der Waals surface area contributed by atoms with Crippen LogP contribution in [-0.2, 0) is 16.0 Å². The number of nitrogens with one attached hydrogen (secondary N) is 1. The Morgan fingerprint density at radius 2 is 2.16 bits per heavy atom. The molecule has 1 N–H and O–H groups in total. The van der Waals surface area contributed by atoms with Crippen molar-refractivity contribution in [1.82, 2.24) is 5.32 Å². The summed E-state index contributed by atoms with van der Waals surface area (Å²) in [6.07, 6.45) is 1.78. The van der Waals surface area contributed by atoms with E-state index in [1.54, 1.807) is 0 Å². The van der Waals surface area contributed by atoms with Gasteiger partial charge in [-0.3, -0.25) is 4.79 Å². The van der Waals surface area contributed by atoms with Gasteiger partial charge in [0.1, 0.15) is 0 Å². The number of esters is 1. The van der Waals surface area contributed by atoms with Crippen LogP contribution in [0.2, 0.25) is 0 Å². The fraction of sp³-hybridized carbons (Fsp3) is 0.562. The van der Waals surface area contributed by atoms with Crippen LogP contribution in [0.5, 0.6) is 0 Å². The quantitative estimate of drug-likeness (QED) is 0.847. The number of hydrogen-bond donors (Lipinski definition) is 1. The number of fused-ring (bicyclic) bond motifs is 1. The molecule has 1 aliphatic heterocycles. The first-order valence-corrected chi connectivity index (χ1v) is 7.12. The third-order valence-electron chi connectivity index (χ3n) is 4.22. The molecule has 0 aromatic heterocycles. The minimum atomic E-state index is -0.507. The minimum Gasteiger partial charge on any atom is -0.466 e. The maximum Gasteiger partial charge on any atom is 0.313 e. The van der Waals surface area contributed by atoms with Crippen LogP contribution in [0.15, 0.2) is 24.3 Å². The van der Waals surface area contributed by atoms with Crippen molar-refractivity contribution in [3.63, 3.8) is 0 Å². The molecular formula is C16H23NO2. The Morgan fingerprint density at radius 1 is 1.42 bits per heavy atom. The van der Waals surface area contributed by atoms with Gasteiger partial charge in [-0.15, -0.1) is 0 Å².